The highest BCUT2D eigenvalue weighted by Gasteiger charge is 2.12. The number of rotatable bonds is 6. The maximum atomic E-state index is 5.73. The maximum Gasteiger partial charge on any atom is 0.0483 e. The Kier molecular flexibility index (Phi) is 6.47. The molecular formula is C10H22N2S. The van der Waals surface area contributed by atoms with Crippen molar-refractivity contribution in [3.63, 3.8) is 0 Å². The van der Waals surface area contributed by atoms with E-state index in [1.807, 2.05) is 0 Å². The molecule has 0 aromatic carbocycles. The molecule has 4 N–H and O–H groups in total. The van der Waals surface area contributed by atoms with Gasteiger partial charge in [0.05, 0.1) is 0 Å². The number of hydrogen-bond donors (Lipinski definition) is 2. The summed E-state index contributed by atoms with van der Waals surface area (Å²) in [5.74, 6) is 1.36. The zero-order valence-electron chi connectivity index (χ0n) is 8.92. The molecule has 0 fully saturated rings. The molecule has 0 aliphatic rings. The van der Waals surface area contributed by atoms with E-state index < -0.39 is 0 Å². The summed E-state index contributed by atoms with van der Waals surface area (Å²) < 4.78 is 0. The summed E-state index contributed by atoms with van der Waals surface area (Å²) in [7, 11) is 0. The van der Waals surface area contributed by atoms with Crippen LogP contribution in [0.4, 0.5) is 0 Å². The van der Waals surface area contributed by atoms with Gasteiger partial charge in [-0.3, -0.25) is 0 Å². The Morgan fingerprint density at radius 2 is 1.85 bits per heavy atom. The molecule has 2 atom stereocenters. The van der Waals surface area contributed by atoms with E-state index in [-0.39, 0.29) is 6.04 Å². The van der Waals surface area contributed by atoms with E-state index in [9.17, 15) is 0 Å². The minimum absolute atomic E-state index is 0.0930. The molecule has 78 valence electrons. The van der Waals surface area contributed by atoms with Crippen LogP contribution in [-0.4, -0.2) is 17.5 Å². The van der Waals surface area contributed by atoms with Gasteiger partial charge in [0.25, 0.3) is 0 Å². The molecule has 0 rings (SSSR count). The molecule has 0 spiro atoms. The molecule has 13 heavy (non-hydrogen) atoms. The fourth-order valence-electron chi connectivity index (χ4n) is 1.51. The second kappa shape index (κ2) is 6.46. The lowest BCUT2D eigenvalue weighted by molar-refractivity contribution is 0.449. The van der Waals surface area contributed by atoms with Crippen molar-refractivity contribution < 1.29 is 0 Å². The van der Waals surface area contributed by atoms with Crippen LogP contribution >= 0.6 is 12.2 Å². The fraction of sp³-hybridized carbons (Fsp3) is 0.900. The van der Waals surface area contributed by atoms with Gasteiger partial charge in [0.2, 0.25) is 0 Å². The van der Waals surface area contributed by atoms with Gasteiger partial charge in [-0.2, -0.15) is 0 Å². The predicted molar refractivity (Wildman–Crippen MR) is 62.9 cm³/mol. The molecule has 0 aliphatic heterocycles. The average Bonchev–Trinajstić information content (AvgIpc) is 2.01. The van der Waals surface area contributed by atoms with Gasteiger partial charge in [-0.1, -0.05) is 33.0 Å². The normalized spacial score (nSPS) is 15.8. The van der Waals surface area contributed by atoms with Gasteiger partial charge in [0.15, 0.2) is 0 Å². The van der Waals surface area contributed by atoms with E-state index in [4.69, 9.17) is 23.7 Å². The highest BCUT2D eigenvalue weighted by Crippen LogP contribution is 2.15. The van der Waals surface area contributed by atoms with Crippen LogP contribution in [0.2, 0.25) is 0 Å². The Morgan fingerprint density at radius 1 is 1.31 bits per heavy atom. The van der Waals surface area contributed by atoms with Crippen LogP contribution in [0, 0.1) is 11.8 Å². The summed E-state index contributed by atoms with van der Waals surface area (Å²) in [5, 5.41) is 0. The van der Waals surface area contributed by atoms with E-state index in [0.717, 1.165) is 17.2 Å². The quantitative estimate of drug-likeness (QED) is 0.645. The molecule has 2 nitrogen and oxygen atoms in total. The predicted octanol–water partition coefficient (Wildman–Crippen LogP) is 1.71. The summed E-state index contributed by atoms with van der Waals surface area (Å²) in [5.41, 5.74) is 11.2. The van der Waals surface area contributed by atoms with Gasteiger partial charge >= 0.3 is 0 Å². The van der Waals surface area contributed by atoms with Crippen molar-refractivity contribution in [3.8, 4) is 0 Å². The van der Waals surface area contributed by atoms with Gasteiger partial charge < -0.3 is 11.5 Å². The van der Waals surface area contributed by atoms with Crippen molar-refractivity contribution in [3.05, 3.63) is 0 Å². The van der Waals surface area contributed by atoms with Crippen molar-refractivity contribution in [2.45, 2.75) is 39.7 Å². The van der Waals surface area contributed by atoms with Crippen LogP contribution < -0.4 is 11.5 Å². The highest BCUT2D eigenvalue weighted by atomic mass is 32.1. The van der Waals surface area contributed by atoms with Crippen molar-refractivity contribution in [2.75, 3.05) is 6.54 Å². The number of thiocarbonyl (C=S) groups is 1. The second-order valence-corrected chi connectivity index (χ2v) is 4.77. The second-order valence-electron chi connectivity index (χ2n) is 4.25. The maximum absolute atomic E-state index is 5.73. The van der Waals surface area contributed by atoms with Crippen LogP contribution in [0.3, 0.4) is 0 Å². The molecule has 0 bridgehead atoms. The first-order valence-corrected chi connectivity index (χ1v) is 5.36. The highest BCUT2D eigenvalue weighted by molar-refractivity contribution is 7.80. The molecule has 0 aromatic heterocycles. The largest absolute Gasteiger partial charge is 0.329 e. The van der Waals surface area contributed by atoms with E-state index in [1.54, 1.807) is 0 Å². The third kappa shape index (κ3) is 6.13. The SMILES string of the molecule is CC(C)C[C@@H](C)CC(=S)[C@@H](N)CN. The molecule has 0 radical (unpaired) electrons. The fourth-order valence-corrected chi connectivity index (χ4v) is 1.90. The molecule has 3 heteroatoms. The van der Waals surface area contributed by atoms with Crippen LogP contribution in [0.15, 0.2) is 0 Å². The number of hydrogen-bond acceptors (Lipinski definition) is 3. The Hall–Kier alpha value is 0.0100. The van der Waals surface area contributed by atoms with Crippen molar-refractivity contribution in [1.82, 2.24) is 0 Å². The third-order valence-electron chi connectivity index (χ3n) is 2.09. The molecule has 0 aliphatic carbocycles. The lowest BCUT2D eigenvalue weighted by Gasteiger charge is -2.17. The smallest absolute Gasteiger partial charge is 0.0483 e. The molecule has 0 unspecified atom stereocenters. The minimum Gasteiger partial charge on any atom is -0.329 e. The summed E-state index contributed by atoms with van der Waals surface area (Å²) in [4.78, 5) is 0.927. The first-order chi connectivity index (χ1) is 5.97. The van der Waals surface area contributed by atoms with Gasteiger partial charge in [-0.15, -0.1) is 0 Å². The zero-order chi connectivity index (χ0) is 10.4. The molecule has 0 amide bonds. The monoisotopic (exact) mass is 202 g/mol. The summed E-state index contributed by atoms with van der Waals surface area (Å²) in [6, 6.07) is -0.0930. The van der Waals surface area contributed by atoms with Crippen LogP contribution in [0.5, 0.6) is 0 Å². The van der Waals surface area contributed by atoms with Gasteiger partial charge in [-0.05, 0) is 24.7 Å². The van der Waals surface area contributed by atoms with E-state index in [1.165, 1.54) is 6.42 Å². The van der Waals surface area contributed by atoms with E-state index in [2.05, 4.69) is 20.8 Å². The summed E-state index contributed by atoms with van der Waals surface area (Å²) >= 11 is 5.20. The Morgan fingerprint density at radius 3 is 2.23 bits per heavy atom. The van der Waals surface area contributed by atoms with Crippen molar-refractivity contribution in [1.29, 1.82) is 0 Å². The average molecular weight is 202 g/mol. The molecule has 0 saturated carbocycles. The Balaban J connectivity index is 3.77. The van der Waals surface area contributed by atoms with Gasteiger partial charge in [-0.25, -0.2) is 0 Å². The third-order valence-corrected chi connectivity index (χ3v) is 2.56. The lowest BCUT2D eigenvalue weighted by Crippen LogP contribution is -2.37. The van der Waals surface area contributed by atoms with E-state index >= 15 is 0 Å². The first-order valence-electron chi connectivity index (χ1n) is 4.95. The first kappa shape index (κ1) is 13.0. The van der Waals surface area contributed by atoms with Crippen molar-refractivity contribution in [2.24, 2.45) is 23.3 Å². The summed E-state index contributed by atoms with van der Waals surface area (Å²) in [6.45, 7) is 7.13. The topological polar surface area (TPSA) is 52.0 Å². The molecule has 0 heterocycles. The van der Waals surface area contributed by atoms with Crippen molar-refractivity contribution >= 4 is 17.1 Å². The Bertz CT molecular complexity index is 157. The lowest BCUT2D eigenvalue weighted by atomic mass is 9.93. The molecular weight excluding hydrogens is 180 g/mol. The van der Waals surface area contributed by atoms with Gasteiger partial charge in [0.1, 0.15) is 0 Å². The molecule has 0 saturated heterocycles. The zero-order valence-corrected chi connectivity index (χ0v) is 9.73. The standard InChI is InChI=1S/C10H22N2S/c1-7(2)4-8(3)5-10(13)9(12)6-11/h7-9H,4-6,11-12H2,1-3H3/t8-,9+/m1/s1. The van der Waals surface area contributed by atoms with Crippen LogP contribution in [-0.2, 0) is 0 Å². The minimum atomic E-state index is -0.0930. The number of nitrogens with two attached hydrogens (primary N) is 2. The molecule has 0 aromatic rings. The van der Waals surface area contributed by atoms with E-state index in [0.29, 0.717) is 12.5 Å². The van der Waals surface area contributed by atoms with Gasteiger partial charge in [0, 0.05) is 17.5 Å². The Labute approximate surface area is 87.1 Å². The summed E-state index contributed by atoms with van der Waals surface area (Å²) in [6.07, 6.45) is 2.14. The van der Waals surface area contributed by atoms with Crippen LogP contribution in [0.25, 0.3) is 0 Å². The van der Waals surface area contributed by atoms with Crippen LogP contribution in [0.1, 0.15) is 33.6 Å².